The summed E-state index contributed by atoms with van der Waals surface area (Å²) in [6.07, 6.45) is 1.53. The molecule has 0 unspecified atom stereocenters. The molecule has 0 atom stereocenters. The number of anilines is 1. The molecule has 2 N–H and O–H groups in total. The summed E-state index contributed by atoms with van der Waals surface area (Å²) in [5.41, 5.74) is 7.55. The Balaban J connectivity index is 2.31. The summed E-state index contributed by atoms with van der Waals surface area (Å²) >= 11 is 3.39. The summed E-state index contributed by atoms with van der Waals surface area (Å²) < 4.78 is 2.41. The number of nitrogens with two attached hydrogens (primary N) is 1. The van der Waals surface area contributed by atoms with Gasteiger partial charge in [-0.25, -0.2) is 4.98 Å². The van der Waals surface area contributed by atoms with Gasteiger partial charge in [0.15, 0.2) is 0 Å². The van der Waals surface area contributed by atoms with Crippen LogP contribution in [0.2, 0.25) is 0 Å². The lowest BCUT2D eigenvalue weighted by Gasteiger charge is -2.07. The highest BCUT2D eigenvalue weighted by molar-refractivity contribution is 9.10. The summed E-state index contributed by atoms with van der Waals surface area (Å²) in [7, 11) is 0. The first-order chi connectivity index (χ1) is 9.15. The van der Waals surface area contributed by atoms with E-state index in [9.17, 15) is 4.79 Å². The molecule has 0 saturated heterocycles. The summed E-state index contributed by atoms with van der Waals surface area (Å²) in [6.45, 7) is 0. The minimum Gasteiger partial charge on any atom is -0.399 e. The third-order valence-corrected chi connectivity index (χ3v) is 3.36. The normalized spacial score (nSPS) is 10.8. The number of nitrogens with zero attached hydrogens (tertiary/aromatic N) is 2. The zero-order valence-electron chi connectivity index (χ0n) is 9.88. The van der Waals surface area contributed by atoms with Crippen LogP contribution in [0, 0.1) is 0 Å². The first-order valence-electron chi connectivity index (χ1n) is 5.68. The third-order valence-electron chi connectivity index (χ3n) is 2.87. The van der Waals surface area contributed by atoms with E-state index >= 15 is 0 Å². The average molecular weight is 316 g/mol. The summed E-state index contributed by atoms with van der Waals surface area (Å²) in [6, 6.07) is 12.6. The second-order valence-corrected chi connectivity index (χ2v) is 5.09. The van der Waals surface area contributed by atoms with Gasteiger partial charge in [0, 0.05) is 10.2 Å². The topological polar surface area (TPSA) is 60.9 Å². The van der Waals surface area contributed by atoms with Crippen molar-refractivity contribution in [3.8, 4) is 5.69 Å². The number of hydrogen-bond donors (Lipinski definition) is 1. The van der Waals surface area contributed by atoms with Gasteiger partial charge >= 0.3 is 0 Å². The molecule has 19 heavy (non-hydrogen) atoms. The van der Waals surface area contributed by atoms with E-state index in [1.54, 1.807) is 18.2 Å². The lowest BCUT2D eigenvalue weighted by atomic mass is 10.2. The van der Waals surface area contributed by atoms with Gasteiger partial charge in [0.25, 0.3) is 5.56 Å². The van der Waals surface area contributed by atoms with E-state index in [0.29, 0.717) is 16.6 Å². The van der Waals surface area contributed by atoms with E-state index in [0.717, 1.165) is 10.2 Å². The molecule has 1 aromatic heterocycles. The second kappa shape index (κ2) is 4.51. The second-order valence-electron chi connectivity index (χ2n) is 4.18. The van der Waals surface area contributed by atoms with Crippen molar-refractivity contribution in [1.82, 2.24) is 9.55 Å². The van der Waals surface area contributed by atoms with Crippen molar-refractivity contribution in [2.45, 2.75) is 0 Å². The van der Waals surface area contributed by atoms with Gasteiger partial charge in [-0.1, -0.05) is 22.0 Å². The van der Waals surface area contributed by atoms with E-state index < -0.39 is 0 Å². The molecule has 0 saturated carbocycles. The Morgan fingerprint density at radius 1 is 1.16 bits per heavy atom. The molecule has 0 amide bonds. The van der Waals surface area contributed by atoms with E-state index in [1.807, 2.05) is 24.3 Å². The Labute approximate surface area is 117 Å². The van der Waals surface area contributed by atoms with Crippen molar-refractivity contribution in [2.75, 3.05) is 5.73 Å². The SMILES string of the molecule is Nc1ccc2ncn(-c3cccc(Br)c3)c(=O)c2c1. The van der Waals surface area contributed by atoms with E-state index in [4.69, 9.17) is 5.73 Å². The minimum atomic E-state index is -0.129. The van der Waals surface area contributed by atoms with Crippen LogP contribution in [0.1, 0.15) is 0 Å². The van der Waals surface area contributed by atoms with E-state index in [1.165, 1.54) is 10.9 Å². The number of rotatable bonds is 1. The van der Waals surface area contributed by atoms with Gasteiger partial charge in [0.2, 0.25) is 0 Å². The van der Waals surface area contributed by atoms with Gasteiger partial charge in [-0.05, 0) is 36.4 Å². The molecule has 0 bridgehead atoms. The fraction of sp³-hybridized carbons (Fsp3) is 0. The Morgan fingerprint density at radius 2 is 2.00 bits per heavy atom. The maximum atomic E-state index is 12.4. The number of fused-ring (bicyclic) bond motifs is 1. The quantitative estimate of drug-likeness (QED) is 0.702. The number of nitrogen functional groups attached to an aromatic ring is 1. The highest BCUT2D eigenvalue weighted by Gasteiger charge is 2.06. The van der Waals surface area contributed by atoms with Crippen molar-refractivity contribution in [2.24, 2.45) is 0 Å². The van der Waals surface area contributed by atoms with Crippen LogP contribution in [-0.4, -0.2) is 9.55 Å². The standard InChI is InChI=1S/C14H10BrN3O/c15-9-2-1-3-11(6-9)18-8-17-13-5-4-10(16)7-12(13)14(18)19/h1-8H,16H2. The van der Waals surface area contributed by atoms with Crippen molar-refractivity contribution >= 4 is 32.5 Å². The number of halogens is 1. The molecule has 3 aromatic rings. The molecule has 94 valence electrons. The van der Waals surface area contributed by atoms with Crippen molar-refractivity contribution in [1.29, 1.82) is 0 Å². The van der Waals surface area contributed by atoms with Crippen LogP contribution in [0.5, 0.6) is 0 Å². The molecule has 0 aliphatic carbocycles. The Kier molecular flexibility index (Phi) is 2.83. The predicted octanol–water partition coefficient (Wildman–Crippen LogP) is 2.73. The largest absolute Gasteiger partial charge is 0.399 e. The highest BCUT2D eigenvalue weighted by Crippen LogP contribution is 2.16. The van der Waals surface area contributed by atoms with Gasteiger partial charge in [0.05, 0.1) is 16.6 Å². The zero-order chi connectivity index (χ0) is 13.4. The van der Waals surface area contributed by atoms with Crippen LogP contribution in [0.4, 0.5) is 5.69 Å². The number of benzene rings is 2. The Morgan fingerprint density at radius 3 is 2.79 bits per heavy atom. The van der Waals surface area contributed by atoms with Crippen molar-refractivity contribution < 1.29 is 0 Å². The molecule has 3 rings (SSSR count). The van der Waals surface area contributed by atoms with Gasteiger partial charge in [0.1, 0.15) is 6.33 Å². The zero-order valence-corrected chi connectivity index (χ0v) is 11.5. The van der Waals surface area contributed by atoms with Crippen molar-refractivity contribution in [3.63, 3.8) is 0 Å². The first kappa shape index (κ1) is 11.9. The maximum absolute atomic E-state index is 12.4. The Hall–Kier alpha value is -2.14. The molecule has 5 heteroatoms. The molecule has 2 aromatic carbocycles. The fourth-order valence-corrected chi connectivity index (χ4v) is 2.34. The van der Waals surface area contributed by atoms with Crippen molar-refractivity contribution in [3.05, 3.63) is 63.6 Å². The van der Waals surface area contributed by atoms with Crippen LogP contribution in [0.15, 0.2) is 58.1 Å². The van der Waals surface area contributed by atoms with Crippen LogP contribution in [0.25, 0.3) is 16.6 Å². The molecule has 0 radical (unpaired) electrons. The lowest BCUT2D eigenvalue weighted by Crippen LogP contribution is -2.18. The van der Waals surface area contributed by atoms with Crippen LogP contribution < -0.4 is 11.3 Å². The monoisotopic (exact) mass is 315 g/mol. The van der Waals surface area contributed by atoms with Crippen LogP contribution in [-0.2, 0) is 0 Å². The molecule has 0 aliphatic heterocycles. The van der Waals surface area contributed by atoms with Gasteiger partial charge in [-0.3, -0.25) is 9.36 Å². The van der Waals surface area contributed by atoms with Gasteiger partial charge < -0.3 is 5.73 Å². The summed E-state index contributed by atoms with van der Waals surface area (Å²) in [5.74, 6) is 0. The number of hydrogen-bond acceptors (Lipinski definition) is 3. The first-order valence-corrected chi connectivity index (χ1v) is 6.47. The fourth-order valence-electron chi connectivity index (χ4n) is 1.95. The molecule has 4 nitrogen and oxygen atoms in total. The van der Waals surface area contributed by atoms with Crippen LogP contribution in [0.3, 0.4) is 0 Å². The highest BCUT2D eigenvalue weighted by atomic mass is 79.9. The molecular weight excluding hydrogens is 306 g/mol. The van der Waals surface area contributed by atoms with E-state index in [-0.39, 0.29) is 5.56 Å². The number of aromatic nitrogens is 2. The molecular formula is C14H10BrN3O. The lowest BCUT2D eigenvalue weighted by molar-refractivity contribution is 0.962. The molecule has 0 spiro atoms. The minimum absolute atomic E-state index is 0.129. The van der Waals surface area contributed by atoms with E-state index in [2.05, 4.69) is 20.9 Å². The predicted molar refractivity (Wildman–Crippen MR) is 79.5 cm³/mol. The van der Waals surface area contributed by atoms with Crippen LogP contribution >= 0.6 is 15.9 Å². The molecule has 0 fully saturated rings. The Bertz CT molecular complexity index is 826. The third kappa shape index (κ3) is 2.13. The summed E-state index contributed by atoms with van der Waals surface area (Å²) in [4.78, 5) is 16.7. The smallest absolute Gasteiger partial charge is 0.265 e. The average Bonchev–Trinajstić information content (AvgIpc) is 2.40. The summed E-state index contributed by atoms with van der Waals surface area (Å²) in [5, 5.41) is 0.516. The van der Waals surface area contributed by atoms with Gasteiger partial charge in [-0.2, -0.15) is 0 Å². The maximum Gasteiger partial charge on any atom is 0.265 e. The van der Waals surface area contributed by atoms with Gasteiger partial charge in [-0.15, -0.1) is 0 Å². The molecule has 0 aliphatic rings. The molecule has 1 heterocycles.